The Morgan fingerprint density at radius 2 is 2.31 bits per heavy atom. The Kier molecular flexibility index (Phi) is 2.81. The van der Waals surface area contributed by atoms with Gasteiger partial charge in [-0.15, -0.1) is 0 Å². The van der Waals surface area contributed by atoms with Gasteiger partial charge < -0.3 is 19.8 Å². The first-order valence-electron chi connectivity index (χ1n) is 4.61. The third kappa shape index (κ3) is 2.35. The number of nitrogens with one attached hydrogen (secondary N) is 1. The molecule has 6 heteroatoms. The second-order valence-corrected chi connectivity index (χ2v) is 3.15. The zero-order chi connectivity index (χ0) is 11.4. The van der Waals surface area contributed by atoms with Crippen LogP contribution in [0.2, 0.25) is 0 Å². The summed E-state index contributed by atoms with van der Waals surface area (Å²) < 4.78 is 4.91. The highest BCUT2D eigenvalue weighted by molar-refractivity contribution is 5.43. The van der Waals surface area contributed by atoms with E-state index in [2.05, 4.69) is 10.3 Å². The van der Waals surface area contributed by atoms with Gasteiger partial charge in [-0.3, -0.25) is 0 Å². The summed E-state index contributed by atoms with van der Waals surface area (Å²) in [4.78, 5) is 13.5. The van der Waals surface area contributed by atoms with E-state index in [0.29, 0.717) is 6.54 Å². The Bertz CT molecular complexity index is 465. The van der Waals surface area contributed by atoms with Crippen LogP contribution in [0.1, 0.15) is 5.56 Å². The Hall–Kier alpha value is -2.37. The van der Waals surface area contributed by atoms with Gasteiger partial charge in [0.15, 0.2) is 6.20 Å². The molecule has 0 atom stereocenters. The Balaban J connectivity index is 1.98. The van der Waals surface area contributed by atoms with Crippen LogP contribution in [0.25, 0.3) is 0 Å². The van der Waals surface area contributed by atoms with Crippen LogP contribution in [-0.2, 0) is 6.54 Å². The monoisotopic (exact) mass is 219 g/mol. The lowest BCUT2D eigenvalue weighted by atomic mass is 10.3. The lowest BCUT2D eigenvalue weighted by Gasteiger charge is -2.01. The van der Waals surface area contributed by atoms with E-state index in [1.165, 1.54) is 12.3 Å². The topological polar surface area (TPSA) is 81.2 Å². The normalized spacial score (nSPS) is 10.0. The molecule has 0 amide bonds. The van der Waals surface area contributed by atoms with Crippen LogP contribution < -0.4 is 5.32 Å². The van der Waals surface area contributed by atoms with Crippen molar-refractivity contribution in [1.82, 2.24) is 4.98 Å². The van der Waals surface area contributed by atoms with Crippen molar-refractivity contribution >= 4 is 11.5 Å². The molecule has 0 bridgehead atoms. The fourth-order valence-electron chi connectivity index (χ4n) is 1.20. The molecule has 82 valence electrons. The Morgan fingerprint density at radius 1 is 1.44 bits per heavy atom. The van der Waals surface area contributed by atoms with Crippen molar-refractivity contribution in [2.24, 2.45) is 0 Å². The molecule has 0 aliphatic heterocycles. The Labute approximate surface area is 91.1 Å². The van der Waals surface area contributed by atoms with Crippen LogP contribution in [0.15, 0.2) is 41.3 Å². The maximum absolute atomic E-state index is 10.4. The number of aromatic nitrogens is 1. The fraction of sp³-hybridized carbons (Fsp3) is 0.100. The number of hydrogen-bond donors (Lipinski definition) is 1. The van der Waals surface area contributed by atoms with Crippen LogP contribution in [-0.4, -0.2) is 9.91 Å². The highest BCUT2D eigenvalue weighted by Crippen LogP contribution is 2.12. The summed E-state index contributed by atoms with van der Waals surface area (Å²) in [6.07, 6.45) is 4.65. The second kappa shape index (κ2) is 4.43. The Morgan fingerprint density at radius 3 is 2.88 bits per heavy atom. The van der Waals surface area contributed by atoms with Gasteiger partial charge in [0.25, 0.3) is 0 Å². The van der Waals surface area contributed by atoms with Gasteiger partial charge in [0, 0.05) is 18.2 Å². The van der Waals surface area contributed by atoms with Crippen LogP contribution in [0.3, 0.4) is 0 Å². The van der Waals surface area contributed by atoms with Crippen LogP contribution in [0, 0.1) is 10.1 Å². The molecule has 0 aromatic carbocycles. The predicted molar refractivity (Wildman–Crippen MR) is 56.9 cm³/mol. The largest absolute Gasteiger partial charge is 0.472 e. The SMILES string of the molecule is O=[N+]([O-])c1ccc(NCc2ccoc2)cn1. The molecule has 2 rings (SSSR count). The fourth-order valence-corrected chi connectivity index (χ4v) is 1.20. The van der Waals surface area contributed by atoms with E-state index < -0.39 is 4.92 Å². The minimum atomic E-state index is -0.528. The van der Waals surface area contributed by atoms with E-state index in [9.17, 15) is 10.1 Å². The molecule has 16 heavy (non-hydrogen) atoms. The second-order valence-electron chi connectivity index (χ2n) is 3.15. The van der Waals surface area contributed by atoms with Crippen LogP contribution >= 0.6 is 0 Å². The molecule has 2 heterocycles. The van der Waals surface area contributed by atoms with Gasteiger partial charge in [0.1, 0.15) is 0 Å². The molecule has 0 fully saturated rings. The van der Waals surface area contributed by atoms with Gasteiger partial charge in [-0.25, -0.2) is 0 Å². The predicted octanol–water partition coefficient (Wildman–Crippen LogP) is 2.19. The number of anilines is 1. The third-order valence-electron chi connectivity index (χ3n) is 2.01. The van der Waals surface area contributed by atoms with E-state index in [1.54, 1.807) is 18.6 Å². The molecule has 1 N–H and O–H groups in total. The zero-order valence-corrected chi connectivity index (χ0v) is 8.29. The highest BCUT2D eigenvalue weighted by Gasteiger charge is 2.05. The molecular weight excluding hydrogens is 210 g/mol. The molecule has 0 radical (unpaired) electrons. The minimum absolute atomic E-state index is 0.158. The standard InChI is InChI=1S/C10H9N3O3/c14-13(15)10-2-1-9(6-12-10)11-5-8-3-4-16-7-8/h1-4,6-7,11H,5H2. The van der Waals surface area contributed by atoms with E-state index in [-0.39, 0.29) is 5.82 Å². The van der Waals surface area contributed by atoms with Crippen molar-refractivity contribution in [3.05, 3.63) is 52.6 Å². The lowest BCUT2D eigenvalue weighted by Crippen LogP contribution is -1.99. The van der Waals surface area contributed by atoms with Crippen LogP contribution in [0.5, 0.6) is 0 Å². The zero-order valence-electron chi connectivity index (χ0n) is 8.29. The van der Waals surface area contributed by atoms with Crippen molar-refractivity contribution < 1.29 is 9.34 Å². The molecule has 2 aromatic heterocycles. The lowest BCUT2D eigenvalue weighted by molar-refractivity contribution is -0.389. The van der Waals surface area contributed by atoms with E-state index >= 15 is 0 Å². The van der Waals surface area contributed by atoms with E-state index in [0.717, 1.165) is 11.3 Å². The third-order valence-corrected chi connectivity index (χ3v) is 2.01. The molecule has 0 spiro atoms. The maximum atomic E-state index is 10.4. The number of rotatable bonds is 4. The average Bonchev–Trinajstić information content (AvgIpc) is 2.80. The molecule has 0 aliphatic rings. The molecule has 2 aromatic rings. The van der Waals surface area contributed by atoms with Gasteiger partial charge in [-0.1, -0.05) is 0 Å². The summed E-state index contributed by atoms with van der Waals surface area (Å²) in [5, 5.41) is 13.4. The molecule has 0 unspecified atom stereocenters. The number of pyridine rings is 1. The van der Waals surface area contributed by atoms with Gasteiger partial charge in [0.05, 0.1) is 18.2 Å². The minimum Gasteiger partial charge on any atom is -0.472 e. The average molecular weight is 219 g/mol. The van der Waals surface area contributed by atoms with Crippen molar-refractivity contribution in [3.63, 3.8) is 0 Å². The summed E-state index contributed by atoms with van der Waals surface area (Å²) in [6.45, 7) is 0.593. The van der Waals surface area contributed by atoms with Crippen molar-refractivity contribution in [2.75, 3.05) is 5.32 Å². The number of nitro groups is 1. The highest BCUT2D eigenvalue weighted by atomic mass is 16.6. The van der Waals surface area contributed by atoms with Crippen molar-refractivity contribution in [1.29, 1.82) is 0 Å². The molecule has 0 aliphatic carbocycles. The quantitative estimate of drug-likeness (QED) is 0.629. The number of furan rings is 1. The van der Waals surface area contributed by atoms with Gasteiger partial charge >= 0.3 is 5.82 Å². The summed E-state index contributed by atoms with van der Waals surface area (Å²) >= 11 is 0. The van der Waals surface area contributed by atoms with Crippen molar-refractivity contribution in [2.45, 2.75) is 6.54 Å². The summed E-state index contributed by atoms with van der Waals surface area (Å²) in [6, 6.07) is 4.81. The first-order valence-corrected chi connectivity index (χ1v) is 4.61. The molecule has 0 saturated carbocycles. The first kappa shape index (κ1) is 10.2. The molecular formula is C10H9N3O3. The van der Waals surface area contributed by atoms with Crippen molar-refractivity contribution in [3.8, 4) is 0 Å². The van der Waals surface area contributed by atoms with Gasteiger partial charge in [-0.05, 0) is 22.0 Å². The van der Waals surface area contributed by atoms with E-state index in [4.69, 9.17) is 4.42 Å². The molecule has 6 nitrogen and oxygen atoms in total. The van der Waals surface area contributed by atoms with Crippen LogP contribution in [0.4, 0.5) is 11.5 Å². The smallest absolute Gasteiger partial charge is 0.363 e. The maximum Gasteiger partial charge on any atom is 0.363 e. The number of nitrogens with zero attached hydrogens (tertiary/aromatic N) is 2. The first-order chi connectivity index (χ1) is 7.75. The summed E-state index contributed by atoms with van der Waals surface area (Å²) in [7, 11) is 0. The summed E-state index contributed by atoms with van der Waals surface area (Å²) in [5.41, 5.74) is 1.73. The van der Waals surface area contributed by atoms with E-state index in [1.807, 2.05) is 6.07 Å². The number of hydrogen-bond acceptors (Lipinski definition) is 5. The molecule has 0 saturated heterocycles. The van der Waals surface area contributed by atoms with Gasteiger partial charge in [-0.2, -0.15) is 0 Å². The van der Waals surface area contributed by atoms with Gasteiger partial charge in [0.2, 0.25) is 0 Å². The summed E-state index contributed by atoms with van der Waals surface area (Å²) in [5.74, 6) is -0.158.